The predicted molar refractivity (Wildman–Crippen MR) is 87.4 cm³/mol. The summed E-state index contributed by atoms with van der Waals surface area (Å²) in [6.07, 6.45) is 6.80. The van der Waals surface area contributed by atoms with Gasteiger partial charge in [-0.05, 0) is 80.6 Å². The van der Waals surface area contributed by atoms with Crippen LogP contribution < -0.4 is 0 Å². The molecule has 1 aromatic carbocycles. The van der Waals surface area contributed by atoms with Crippen molar-refractivity contribution in [1.82, 2.24) is 4.90 Å². The maximum Gasteiger partial charge on any atom is 0.127 e. The molecule has 0 amide bonds. The number of phenols is 1. The molecule has 0 spiro atoms. The summed E-state index contributed by atoms with van der Waals surface area (Å²) in [5, 5.41) is 9.79. The molecule has 0 aliphatic heterocycles. The molecule has 2 aliphatic carbocycles. The third-order valence-electron chi connectivity index (χ3n) is 5.77. The Hall–Kier alpha value is -1.35. The Morgan fingerprint density at radius 1 is 1.36 bits per heavy atom. The monoisotopic (exact) mass is 303 g/mol. The van der Waals surface area contributed by atoms with Crippen molar-refractivity contribution in [3.8, 4) is 5.75 Å². The lowest BCUT2D eigenvalue weighted by atomic mass is 9.63. The van der Waals surface area contributed by atoms with Crippen molar-refractivity contribution in [3.05, 3.63) is 42.2 Å². The van der Waals surface area contributed by atoms with Crippen LogP contribution in [0.15, 0.2) is 30.9 Å². The highest BCUT2D eigenvalue weighted by molar-refractivity contribution is 5.33. The molecule has 22 heavy (non-hydrogen) atoms. The van der Waals surface area contributed by atoms with E-state index < -0.39 is 0 Å². The van der Waals surface area contributed by atoms with Gasteiger partial charge < -0.3 is 10.0 Å². The molecule has 2 nitrogen and oxygen atoms in total. The van der Waals surface area contributed by atoms with Gasteiger partial charge in [0.2, 0.25) is 0 Å². The second-order valence-electron chi connectivity index (χ2n) is 7.55. The summed E-state index contributed by atoms with van der Waals surface area (Å²) in [6.45, 7) is 5.08. The van der Waals surface area contributed by atoms with Crippen LogP contribution in [-0.2, 0) is 0 Å². The van der Waals surface area contributed by atoms with Gasteiger partial charge in [0.05, 0.1) is 0 Å². The second kappa shape index (κ2) is 5.69. The quantitative estimate of drug-likeness (QED) is 0.844. The van der Waals surface area contributed by atoms with Gasteiger partial charge in [0.15, 0.2) is 0 Å². The van der Waals surface area contributed by atoms with Crippen LogP contribution in [0.1, 0.15) is 37.2 Å². The maximum absolute atomic E-state index is 13.8. The molecule has 4 unspecified atom stereocenters. The Morgan fingerprint density at radius 2 is 2.14 bits per heavy atom. The molecule has 2 bridgehead atoms. The first kappa shape index (κ1) is 15.5. The van der Waals surface area contributed by atoms with Crippen LogP contribution in [0, 0.1) is 23.1 Å². The molecule has 0 saturated heterocycles. The summed E-state index contributed by atoms with van der Waals surface area (Å²) in [4.78, 5) is 2.23. The normalized spacial score (nSPS) is 34.1. The van der Waals surface area contributed by atoms with Gasteiger partial charge in [0.25, 0.3) is 0 Å². The molecule has 0 radical (unpaired) electrons. The predicted octanol–water partition coefficient (Wildman–Crippen LogP) is 4.17. The second-order valence-corrected chi connectivity index (χ2v) is 7.55. The van der Waals surface area contributed by atoms with E-state index in [1.165, 1.54) is 25.3 Å². The zero-order valence-electron chi connectivity index (χ0n) is 13.6. The fraction of sp³-hybridized carbons (Fsp3) is 0.579. The van der Waals surface area contributed by atoms with Crippen LogP contribution in [0.5, 0.6) is 5.75 Å². The zero-order chi connectivity index (χ0) is 15.9. The highest BCUT2D eigenvalue weighted by Gasteiger charge is 2.49. The van der Waals surface area contributed by atoms with Crippen molar-refractivity contribution in [2.24, 2.45) is 17.3 Å². The standard InChI is InChI=1S/C19H26FNO/c1-4-19-6-5-13(10-19)18(12-21(2)3)17(11-19)14-7-15(20)9-16(22)8-14/h4,7-9,13,17-18,22H,1,5-6,10-12H2,2-3H3. The van der Waals surface area contributed by atoms with Crippen LogP contribution in [0.3, 0.4) is 0 Å². The fourth-order valence-electron chi connectivity index (χ4n) is 4.81. The number of allylic oxidation sites excluding steroid dienone is 1. The minimum Gasteiger partial charge on any atom is -0.508 e. The summed E-state index contributed by atoms with van der Waals surface area (Å²) in [7, 11) is 4.20. The number of hydrogen-bond donors (Lipinski definition) is 1. The molecule has 1 aromatic rings. The maximum atomic E-state index is 13.8. The molecular weight excluding hydrogens is 277 g/mol. The Morgan fingerprint density at radius 3 is 2.77 bits per heavy atom. The molecule has 0 aromatic heterocycles. The summed E-state index contributed by atoms with van der Waals surface area (Å²) in [5.41, 5.74) is 1.15. The molecule has 3 heteroatoms. The van der Waals surface area contributed by atoms with E-state index in [-0.39, 0.29) is 17.0 Å². The minimum atomic E-state index is -0.343. The zero-order valence-corrected chi connectivity index (χ0v) is 13.6. The minimum absolute atomic E-state index is 0.0316. The third-order valence-corrected chi connectivity index (χ3v) is 5.77. The van der Waals surface area contributed by atoms with Gasteiger partial charge in [-0.3, -0.25) is 0 Å². The van der Waals surface area contributed by atoms with E-state index in [9.17, 15) is 9.50 Å². The van der Waals surface area contributed by atoms with E-state index in [1.54, 1.807) is 12.1 Å². The van der Waals surface area contributed by atoms with Gasteiger partial charge in [-0.1, -0.05) is 6.08 Å². The first-order valence-corrected chi connectivity index (χ1v) is 8.20. The number of halogens is 1. The highest BCUT2D eigenvalue weighted by Crippen LogP contribution is 2.59. The van der Waals surface area contributed by atoms with Gasteiger partial charge >= 0.3 is 0 Å². The average Bonchev–Trinajstić information content (AvgIpc) is 2.80. The van der Waals surface area contributed by atoms with Crippen molar-refractivity contribution < 1.29 is 9.50 Å². The van der Waals surface area contributed by atoms with Gasteiger partial charge in [-0.25, -0.2) is 4.39 Å². The Bertz CT molecular complexity index is 550. The smallest absolute Gasteiger partial charge is 0.127 e. The Labute approximate surface area is 132 Å². The van der Waals surface area contributed by atoms with Crippen molar-refractivity contribution in [2.75, 3.05) is 20.6 Å². The van der Waals surface area contributed by atoms with Gasteiger partial charge in [-0.2, -0.15) is 0 Å². The number of hydrogen-bond acceptors (Lipinski definition) is 2. The number of aromatic hydroxyl groups is 1. The lowest BCUT2D eigenvalue weighted by Crippen LogP contribution is -2.37. The molecule has 2 aliphatic rings. The number of nitrogens with zero attached hydrogens (tertiary/aromatic N) is 1. The lowest BCUT2D eigenvalue weighted by molar-refractivity contribution is 0.136. The van der Waals surface area contributed by atoms with Crippen LogP contribution in [-0.4, -0.2) is 30.6 Å². The van der Waals surface area contributed by atoms with Crippen molar-refractivity contribution in [1.29, 1.82) is 0 Å². The van der Waals surface area contributed by atoms with Crippen molar-refractivity contribution in [3.63, 3.8) is 0 Å². The number of rotatable bonds is 4. The first-order valence-electron chi connectivity index (χ1n) is 8.20. The fourth-order valence-corrected chi connectivity index (χ4v) is 4.81. The molecule has 0 heterocycles. The largest absolute Gasteiger partial charge is 0.508 e. The molecule has 2 saturated carbocycles. The van der Waals surface area contributed by atoms with Crippen molar-refractivity contribution in [2.45, 2.75) is 31.6 Å². The van der Waals surface area contributed by atoms with E-state index in [1.807, 2.05) is 0 Å². The van der Waals surface area contributed by atoms with Crippen LogP contribution >= 0.6 is 0 Å². The molecule has 3 rings (SSSR count). The van der Waals surface area contributed by atoms with E-state index >= 15 is 0 Å². The number of phenolic OH excluding ortho intramolecular Hbond substituents is 1. The molecule has 120 valence electrons. The van der Waals surface area contributed by atoms with Crippen LogP contribution in [0.2, 0.25) is 0 Å². The van der Waals surface area contributed by atoms with E-state index in [0.29, 0.717) is 17.8 Å². The summed E-state index contributed by atoms with van der Waals surface area (Å²) in [5.74, 6) is 1.17. The summed E-state index contributed by atoms with van der Waals surface area (Å²) < 4.78 is 13.8. The van der Waals surface area contributed by atoms with E-state index in [2.05, 4.69) is 31.7 Å². The average molecular weight is 303 g/mol. The van der Waals surface area contributed by atoms with E-state index in [0.717, 1.165) is 18.5 Å². The third kappa shape index (κ3) is 2.79. The Kier molecular flexibility index (Phi) is 4.02. The van der Waals surface area contributed by atoms with Crippen LogP contribution in [0.4, 0.5) is 4.39 Å². The number of fused-ring (bicyclic) bond motifs is 2. The van der Waals surface area contributed by atoms with Gasteiger partial charge in [0.1, 0.15) is 11.6 Å². The first-order chi connectivity index (χ1) is 10.4. The van der Waals surface area contributed by atoms with Gasteiger partial charge in [-0.15, -0.1) is 6.58 Å². The molecule has 2 fully saturated rings. The molecule has 4 atom stereocenters. The molecule has 1 N–H and O–H groups in total. The molecular formula is C19H26FNO. The highest BCUT2D eigenvalue weighted by atomic mass is 19.1. The van der Waals surface area contributed by atoms with E-state index in [4.69, 9.17) is 0 Å². The Balaban J connectivity index is 1.98. The SMILES string of the molecule is C=CC12CCC(C1)C(CN(C)C)C(c1cc(O)cc(F)c1)C2. The summed E-state index contributed by atoms with van der Waals surface area (Å²) >= 11 is 0. The van der Waals surface area contributed by atoms with Gasteiger partial charge in [0, 0.05) is 12.6 Å². The number of benzene rings is 1. The summed E-state index contributed by atoms with van der Waals surface area (Å²) in [6, 6.07) is 4.54. The topological polar surface area (TPSA) is 23.5 Å². The van der Waals surface area contributed by atoms with Crippen LogP contribution in [0.25, 0.3) is 0 Å². The lowest BCUT2D eigenvalue weighted by Gasteiger charge is -2.43. The van der Waals surface area contributed by atoms with Crippen molar-refractivity contribution >= 4 is 0 Å².